The van der Waals surface area contributed by atoms with Crippen molar-refractivity contribution in [3.05, 3.63) is 53.9 Å². The van der Waals surface area contributed by atoms with Crippen LogP contribution in [-0.4, -0.2) is 61.9 Å². The van der Waals surface area contributed by atoms with Crippen molar-refractivity contribution < 1.29 is 14.4 Å². The number of nitrogens with zero attached hydrogens (tertiary/aromatic N) is 4. The van der Waals surface area contributed by atoms with Gasteiger partial charge in [-0.2, -0.15) is 5.21 Å². The van der Waals surface area contributed by atoms with Gasteiger partial charge in [0.1, 0.15) is 0 Å². The molecule has 1 aliphatic heterocycles. The highest BCUT2D eigenvalue weighted by Gasteiger charge is 2.40. The molecule has 1 amide bonds. The molecule has 2 aromatic carbocycles. The van der Waals surface area contributed by atoms with Crippen molar-refractivity contribution in [2.24, 2.45) is 0 Å². The van der Waals surface area contributed by atoms with E-state index >= 15 is 0 Å². The predicted molar refractivity (Wildman–Crippen MR) is 124 cm³/mol. The summed E-state index contributed by atoms with van der Waals surface area (Å²) in [7, 11) is 0. The van der Waals surface area contributed by atoms with Crippen LogP contribution in [-0.2, 0) is 17.6 Å². The number of hydrogen-bond acceptors (Lipinski definition) is 5. The van der Waals surface area contributed by atoms with Crippen LogP contribution in [0.15, 0.2) is 42.5 Å². The first-order valence-electron chi connectivity index (χ1n) is 11.9. The minimum atomic E-state index is -0.422. The van der Waals surface area contributed by atoms with Crippen molar-refractivity contribution in [3.8, 4) is 0 Å². The van der Waals surface area contributed by atoms with E-state index in [1.807, 2.05) is 12.1 Å². The lowest BCUT2D eigenvalue weighted by Crippen LogP contribution is -2.51. The van der Waals surface area contributed by atoms with E-state index in [0.717, 1.165) is 69.5 Å². The van der Waals surface area contributed by atoms with E-state index in [2.05, 4.69) is 51.0 Å². The number of unbranched alkanes of at least 4 members (excludes halogenated alkanes) is 3. The minimum absolute atomic E-state index is 0.356. The van der Waals surface area contributed by atoms with Gasteiger partial charge in [0.15, 0.2) is 5.82 Å². The summed E-state index contributed by atoms with van der Waals surface area (Å²) in [4.78, 5) is 12.8. The molecule has 7 heteroatoms. The molecule has 2 N–H and O–H groups in total. The Labute approximate surface area is 189 Å². The van der Waals surface area contributed by atoms with Gasteiger partial charge in [-0.3, -0.25) is 4.48 Å². The molecule has 7 nitrogen and oxygen atoms in total. The third-order valence-electron chi connectivity index (χ3n) is 6.81. The number of aromatic amines is 1. The van der Waals surface area contributed by atoms with Crippen molar-refractivity contribution in [1.82, 2.24) is 20.6 Å². The van der Waals surface area contributed by atoms with E-state index in [1.54, 1.807) is 0 Å². The first kappa shape index (κ1) is 22.6. The minimum Gasteiger partial charge on any atom is -0.393 e. The summed E-state index contributed by atoms with van der Waals surface area (Å²) >= 11 is 0. The van der Waals surface area contributed by atoms with Crippen LogP contribution >= 0.6 is 0 Å². The van der Waals surface area contributed by atoms with Gasteiger partial charge in [-0.15, -0.1) is 10.2 Å². The van der Waals surface area contributed by atoms with Crippen LogP contribution in [0.1, 0.15) is 56.3 Å². The molecule has 4 rings (SSSR count). The van der Waals surface area contributed by atoms with Crippen molar-refractivity contribution in [1.29, 1.82) is 0 Å². The Morgan fingerprint density at radius 2 is 1.88 bits per heavy atom. The lowest BCUT2D eigenvalue weighted by Gasteiger charge is -2.32. The second-order valence-corrected chi connectivity index (χ2v) is 9.13. The van der Waals surface area contributed by atoms with Crippen LogP contribution in [0.25, 0.3) is 10.8 Å². The van der Waals surface area contributed by atoms with Gasteiger partial charge in [0.2, 0.25) is 0 Å². The monoisotopic (exact) mass is 436 g/mol. The zero-order valence-electron chi connectivity index (χ0n) is 18.7. The summed E-state index contributed by atoms with van der Waals surface area (Å²) < 4.78 is 0.555. The Morgan fingerprint density at radius 3 is 2.66 bits per heavy atom. The number of carbonyl (C=O) groups excluding carboxylic acids is 1. The molecule has 0 saturated carbocycles. The van der Waals surface area contributed by atoms with E-state index in [9.17, 15) is 9.90 Å². The standard InChI is InChI=1S/C25H34N5O2/c31-23(19-20-12-13-21-8-4-5-9-22(21)18-20)14-17-30(16-7-11-25(30)32)15-6-2-1-3-10-24-26-28-29-27-24/h4-5,8-9,12-13,18,23,31H,1-3,6-7,10-11,14-17,19H2,(H,26,27,28,29)/q+1. The lowest BCUT2D eigenvalue weighted by atomic mass is 10.0. The van der Waals surface area contributed by atoms with Crippen LogP contribution in [0.3, 0.4) is 0 Å². The van der Waals surface area contributed by atoms with Crippen molar-refractivity contribution in [2.75, 3.05) is 19.6 Å². The zero-order chi connectivity index (χ0) is 22.2. The molecule has 0 spiro atoms. The SMILES string of the molecule is O=C1CCC[N+]1(CCCCCCc1nn[nH]n1)CCC(O)Cc1ccc2ccccc2c1. The molecular formula is C25H34N5O2+. The maximum atomic E-state index is 12.8. The fourth-order valence-corrected chi connectivity index (χ4v) is 4.96. The van der Waals surface area contributed by atoms with Gasteiger partial charge in [0.25, 0.3) is 0 Å². The van der Waals surface area contributed by atoms with Crippen molar-refractivity contribution >= 4 is 16.7 Å². The average molecular weight is 437 g/mol. The number of aliphatic hydroxyl groups is 1. The average Bonchev–Trinajstić information content (AvgIpc) is 3.45. The third kappa shape index (κ3) is 5.78. The molecule has 2 heterocycles. The van der Waals surface area contributed by atoms with Gasteiger partial charge in [-0.1, -0.05) is 54.1 Å². The second kappa shape index (κ2) is 10.8. The normalized spacial score (nSPS) is 19.6. The quantitative estimate of drug-likeness (QED) is 0.334. The predicted octanol–water partition coefficient (Wildman–Crippen LogP) is 3.59. The number of benzene rings is 2. The Kier molecular flexibility index (Phi) is 7.60. The van der Waals surface area contributed by atoms with E-state index < -0.39 is 6.10 Å². The van der Waals surface area contributed by atoms with Gasteiger partial charge < -0.3 is 5.11 Å². The molecule has 1 saturated heterocycles. The first-order valence-corrected chi connectivity index (χ1v) is 11.9. The van der Waals surface area contributed by atoms with Crippen LogP contribution < -0.4 is 0 Å². The maximum absolute atomic E-state index is 12.8. The number of amides is 1. The summed E-state index contributed by atoms with van der Waals surface area (Å²) in [5, 5.41) is 27.2. The molecule has 2 atom stereocenters. The highest BCUT2D eigenvalue weighted by molar-refractivity contribution is 5.83. The molecule has 0 bridgehead atoms. The number of quaternary nitrogens is 1. The number of fused-ring (bicyclic) bond motifs is 1. The number of nitrogens with one attached hydrogen (secondary N) is 1. The molecule has 1 aromatic heterocycles. The molecule has 32 heavy (non-hydrogen) atoms. The molecule has 3 aromatic rings. The fraction of sp³-hybridized carbons (Fsp3) is 0.520. The number of likely N-dealkylation sites (tertiary alicyclic amines) is 1. The van der Waals surface area contributed by atoms with E-state index in [-0.39, 0.29) is 0 Å². The molecule has 170 valence electrons. The largest absolute Gasteiger partial charge is 0.393 e. The van der Waals surface area contributed by atoms with Crippen LogP contribution in [0.4, 0.5) is 0 Å². The fourth-order valence-electron chi connectivity index (χ4n) is 4.96. The van der Waals surface area contributed by atoms with Gasteiger partial charge in [0.05, 0.1) is 32.2 Å². The van der Waals surface area contributed by atoms with Gasteiger partial charge in [-0.05, 0) is 42.0 Å². The highest BCUT2D eigenvalue weighted by Crippen LogP contribution is 2.25. The van der Waals surface area contributed by atoms with Crippen LogP contribution in [0, 0.1) is 0 Å². The Hall–Kier alpha value is -2.64. The Bertz CT molecular complexity index is 1010. The highest BCUT2D eigenvalue weighted by atomic mass is 16.3. The smallest absolute Gasteiger partial charge is 0.313 e. The number of H-pyrrole nitrogens is 1. The zero-order valence-corrected chi connectivity index (χ0v) is 18.7. The third-order valence-corrected chi connectivity index (χ3v) is 6.81. The molecule has 0 aliphatic carbocycles. The summed E-state index contributed by atoms with van der Waals surface area (Å²) in [5.41, 5.74) is 1.15. The van der Waals surface area contributed by atoms with E-state index in [1.165, 1.54) is 10.8 Å². The Morgan fingerprint density at radius 1 is 1.03 bits per heavy atom. The van der Waals surface area contributed by atoms with Gasteiger partial charge >= 0.3 is 5.91 Å². The van der Waals surface area contributed by atoms with E-state index in [4.69, 9.17) is 0 Å². The van der Waals surface area contributed by atoms with Crippen molar-refractivity contribution in [2.45, 2.75) is 63.9 Å². The van der Waals surface area contributed by atoms with Gasteiger partial charge in [-0.25, -0.2) is 4.79 Å². The number of hydrogen-bond donors (Lipinski definition) is 2. The number of aryl methyl sites for hydroxylation is 1. The summed E-state index contributed by atoms with van der Waals surface area (Å²) in [6.45, 7) is 2.56. The number of carbonyl (C=O) groups is 1. The second-order valence-electron chi connectivity index (χ2n) is 9.13. The Balaban J connectivity index is 1.24. The first-order chi connectivity index (χ1) is 15.6. The summed E-state index contributed by atoms with van der Waals surface area (Å²) in [6.07, 6.45) is 7.65. The number of aliphatic hydroxyl groups excluding tert-OH is 1. The molecule has 0 radical (unpaired) electrons. The van der Waals surface area contributed by atoms with Crippen LogP contribution in [0.5, 0.6) is 0 Å². The summed E-state index contributed by atoms with van der Waals surface area (Å²) in [5.74, 6) is 1.12. The molecule has 1 fully saturated rings. The molecular weight excluding hydrogens is 402 g/mol. The van der Waals surface area contributed by atoms with Crippen molar-refractivity contribution in [3.63, 3.8) is 0 Å². The number of aromatic nitrogens is 4. The summed E-state index contributed by atoms with van der Waals surface area (Å²) in [6, 6.07) is 14.7. The van der Waals surface area contributed by atoms with Crippen LogP contribution in [0.2, 0.25) is 0 Å². The van der Waals surface area contributed by atoms with Gasteiger partial charge in [0, 0.05) is 19.3 Å². The number of rotatable bonds is 12. The number of tetrazole rings is 1. The maximum Gasteiger partial charge on any atom is 0.313 e. The molecule has 1 aliphatic rings. The topological polar surface area (TPSA) is 91.8 Å². The molecule has 2 unspecified atom stereocenters. The lowest BCUT2D eigenvalue weighted by molar-refractivity contribution is -0.847. The van der Waals surface area contributed by atoms with E-state index in [0.29, 0.717) is 29.7 Å².